The summed E-state index contributed by atoms with van der Waals surface area (Å²) < 4.78 is 5.05. The van der Waals surface area contributed by atoms with Crippen molar-refractivity contribution in [3.63, 3.8) is 0 Å². The van der Waals surface area contributed by atoms with Crippen molar-refractivity contribution in [1.29, 1.82) is 0 Å². The Bertz CT molecular complexity index is 983. The van der Waals surface area contributed by atoms with Crippen LogP contribution >= 0.6 is 0 Å². The number of methoxy groups -OCH3 is 1. The molecule has 1 amide bonds. The molecule has 1 aromatic heterocycles. The summed E-state index contributed by atoms with van der Waals surface area (Å²) in [5.74, 6) is 0.0809. The fraction of sp³-hybridized carbons (Fsp3) is 0.150. The van der Waals surface area contributed by atoms with E-state index in [1.807, 2.05) is 31.2 Å². The zero-order valence-corrected chi connectivity index (χ0v) is 14.6. The van der Waals surface area contributed by atoms with Gasteiger partial charge < -0.3 is 9.84 Å². The summed E-state index contributed by atoms with van der Waals surface area (Å²) in [6, 6.07) is 14.1. The Hall–Kier alpha value is -3.41. The number of amides is 1. The average Bonchev–Trinajstić information content (AvgIpc) is 2.68. The van der Waals surface area contributed by atoms with Gasteiger partial charge in [-0.1, -0.05) is 25.1 Å². The first-order valence-electron chi connectivity index (χ1n) is 8.21. The van der Waals surface area contributed by atoms with Gasteiger partial charge in [-0.2, -0.15) is 5.10 Å². The number of fused-ring (bicyclic) bond motifs is 1. The SMILES string of the molecule is CCc1cc(C(=O)N/N=C/c2ccc(O)c(OC)c2)c2ccccc2n1. The zero-order valence-electron chi connectivity index (χ0n) is 14.6. The van der Waals surface area contributed by atoms with Gasteiger partial charge in [-0.3, -0.25) is 9.78 Å². The first kappa shape index (κ1) is 17.4. The molecule has 0 saturated heterocycles. The van der Waals surface area contributed by atoms with Crippen molar-refractivity contribution < 1.29 is 14.6 Å². The minimum Gasteiger partial charge on any atom is -0.504 e. The highest BCUT2D eigenvalue weighted by Gasteiger charge is 2.12. The molecule has 6 heteroatoms. The highest BCUT2D eigenvalue weighted by atomic mass is 16.5. The van der Waals surface area contributed by atoms with Crippen molar-refractivity contribution in [3.8, 4) is 11.5 Å². The quantitative estimate of drug-likeness (QED) is 0.547. The first-order valence-corrected chi connectivity index (χ1v) is 8.21. The predicted octanol–water partition coefficient (Wildman–Crippen LogP) is 3.28. The average molecular weight is 349 g/mol. The molecule has 0 aliphatic rings. The topological polar surface area (TPSA) is 83.8 Å². The highest BCUT2D eigenvalue weighted by molar-refractivity contribution is 6.06. The fourth-order valence-corrected chi connectivity index (χ4v) is 2.60. The Kier molecular flexibility index (Phi) is 5.12. The lowest BCUT2D eigenvalue weighted by molar-refractivity contribution is 0.0956. The highest BCUT2D eigenvalue weighted by Crippen LogP contribution is 2.25. The summed E-state index contributed by atoms with van der Waals surface area (Å²) in [5, 5.41) is 14.4. The number of phenolic OH excluding ortho intramolecular Hbond substituents is 1. The normalized spacial score (nSPS) is 11.0. The maximum atomic E-state index is 12.6. The molecule has 0 bridgehead atoms. The first-order chi connectivity index (χ1) is 12.6. The molecule has 0 saturated carbocycles. The summed E-state index contributed by atoms with van der Waals surface area (Å²) in [7, 11) is 1.47. The third-order valence-electron chi connectivity index (χ3n) is 3.96. The van der Waals surface area contributed by atoms with Crippen LogP contribution in [0.5, 0.6) is 11.5 Å². The summed E-state index contributed by atoms with van der Waals surface area (Å²) in [5.41, 5.74) is 5.40. The van der Waals surface area contributed by atoms with Gasteiger partial charge in [0.2, 0.25) is 0 Å². The van der Waals surface area contributed by atoms with Crippen molar-refractivity contribution in [2.75, 3.05) is 7.11 Å². The molecular weight excluding hydrogens is 330 g/mol. The molecule has 0 spiro atoms. The van der Waals surface area contributed by atoms with Crippen LogP contribution < -0.4 is 10.2 Å². The number of pyridine rings is 1. The van der Waals surface area contributed by atoms with Crippen LogP contribution in [0.3, 0.4) is 0 Å². The van der Waals surface area contributed by atoms with E-state index in [1.54, 1.807) is 18.2 Å². The number of benzene rings is 2. The number of aryl methyl sites for hydroxylation is 1. The number of nitrogens with zero attached hydrogens (tertiary/aromatic N) is 2. The van der Waals surface area contributed by atoms with Crippen LogP contribution in [0.15, 0.2) is 53.6 Å². The fourth-order valence-electron chi connectivity index (χ4n) is 2.60. The third kappa shape index (κ3) is 3.64. The number of hydrazone groups is 1. The van der Waals surface area contributed by atoms with Crippen molar-refractivity contribution in [1.82, 2.24) is 10.4 Å². The number of hydrogen-bond donors (Lipinski definition) is 2. The molecule has 0 aliphatic heterocycles. The van der Waals surface area contributed by atoms with Gasteiger partial charge in [-0.25, -0.2) is 5.43 Å². The smallest absolute Gasteiger partial charge is 0.272 e. The van der Waals surface area contributed by atoms with Gasteiger partial charge in [0.15, 0.2) is 11.5 Å². The molecule has 1 heterocycles. The van der Waals surface area contributed by atoms with Crippen LogP contribution in [-0.4, -0.2) is 29.3 Å². The van der Waals surface area contributed by atoms with E-state index in [4.69, 9.17) is 4.74 Å². The number of rotatable bonds is 5. The second-order valence-electron chi connectivity index (χ2n) is 5.66. The third-order valence-corrected chi connectivity index (χ3v) is 3.96. The number of carbonyl (C=O) groups is 1. The summed E-state index contributed by atoms with van der Waals surface area (Å²) in [6.45, 7) is 2.00. The molecule has 3 rings (SSSR count). The number of nitrogens with one attached hydrogen (secondary N) is 1. The van der Waals surface area contributed by atoms with Gasteiger partial charge in [0, 0.05) is 11.1 Å². The molecule has 0 aliphatic carbocycles. The maximum Gasteiger partial charge on any atom is 0.272 e. The van der Waals surface area contributed by atoms with Crippen molar-refractivity contribution in [3.05, 3.63) is 65.4 Å². The molecule has 132 valence electrons. The number of ether oxygens (including phenoxy) is 1. The molecular formula is C20H19N3O3. The van der Waals surface area contributed by atoms with E-state index in [0.717, 1.165) is 23.0 Å². The zero-order chi connectivity index (χ0) is 18.5. The van der Waals surface area contributed by atoms with Gasteiger partial charge >= 0.3 is 0 Å². The lowest BCUT2D eigenvalue weighted by Crippen LogP contribution is -2.18. The van der Waals surface area contributed by atoms with E-state index < -0.39 is 0 Å². The Labute approximate surface area is 151 Å². The maximum absolute atomic E-state index is 12.6. The number of phenols is 1. The number of aromatic nitrogens is 1. The summed E-state index contributed by atoms with van der Waals surface area (Å²) in [4.78, 5) is 17.1. The van der Waals surface area contributed by atoms with E-state index in [9.17, 15) is 9.90 Å². The Morgan fingerprint density at radius 2 is 2.08 bits per heavy atom. The van der Waals surface area contributed by atoms with Gasteiger partial charge in [0.25, 0.3) is 5.91 Å². The molecule has 6 nitrogen and oxygen atoms in total. The second kappa shape index (κ2) is 7.65. The number of carbonyl (C=O) groups excluding carboxylic acids is 1. The Balaban J connectivity index is 1.83. The van der Waals surface area contributed by atoms with Gasteiger partial charge in [-0.05, 0) is 42.3 Å². The van der Waals surface area contributed by atoms with E-state index in [-0.39, 0.29) is 11.7 Å². The lowest BCUT2D eigenvalue weighted by atomic mass is 10.1. The molecule has 2 aromatic carbocycles. The Morgan fingerprint density at radius 3 is 2.85 bits per heavy atom. The monoisotopic (exact) mass is 349 g/mol. The Morgan fingerprint density at radius 1 is 1.27 bits per heavy atom. The summed E-state index contributed by atoms with van der Waals surface area (Å²) in [6.07, 6.45) is 2.23. The van der Waals surface area contributed by atoms with Crippen LogP contribution in [0.1, 0.15) is 28.5 Å². The molecule has 0 atom stereocenters. The lowest BCUT2D eigenvalue weighted by Gasteiger charge is -2.07. The predicted molar refractivity (Wildman–Crippen MR) is 101 cm³/mol. The number of hydrogen-bond acceptors (Lipinski definition) is 5. The largest absolute Gasteiger partial charge is 0.504 e. The molecule has 0 fully saturated rings. The summed E-state index contributed by atoms with van der Waals surface area (Å²) >= 11 is 0. The van der Waals surface area contributed by atoms with Crippen LogP contribution in [0.2, 0.25) is 0 Å². The van der Waals surface area contributed by atoms with Crippen molar-refractivity contribution in [2.45, 2.75) is 13.3 Å². The van der Waals surface area contributed by atoms with E-state index in [2.05, 4.69) is 15.5 Å². The van der Waals surface area contributed by atoms with Gasteiger partial charge in [-0.15, -0.1) is 0 Å². The van der Waals surface area contributed by atoms with Crippen LogP contribution in [-0.2, 0) is 6.42 Å². The van der Waals surface area contributed by atoms with E-state index in [1.165, 1.54) is 19.4 Å². The van der Waals surface area contributed by atoms with E-state index in [0.29, 0.717) is 16.9 Å². The van der Waals surface area contributed by atoms with Crippen molar-refractivity contribution in [2.24, 2.45) is 5.10 Å². The minimum absolute atomic E-state index is 0.0454. The van der Waals surface area contributed by atoms with Gasteiger partial charge in [0.05, 0.1) is 24.4 Å². The second-order valence-corrected chi connectivity index (χ2v) is 5.66. The standard InChI is InChI=1S/C20H19N3O3/c1-3-14-11-16(15-6-4-5-7-17(15)22-14)20(25)23-21-12-13-8-9-18(24)19(10-13)26-2/h4-12,24H,3H2,1-2H3,(H,23,25)/b21-12+. The van der Waals surface area contributed by atoms with Gasteiger partial charge in [0.1, 0.15) is 0 Å². The van der Waals surface area contributed by atoms with Crippen LogP contribution in [0.25, 0.3) is 10.9 Å². The molecule has 26 heavy (non-hydrogen) atoms. The van der Waals surface area contributed by atoms with E-state index >= 15 is 0 Å². The minimum atomic E-state index is -0.305. The van der Waals surface area contributed by atoms with Crippen LogP contribution in [0.4, 0.5) is 0 Å². The number of para-hydroxylation sites is 1. The molecule has 0 radical (unpaired) electrons. The molecule has 3 aromatic rings. The molecule has 2 N–H and O–H groups in total. The van der Waals surface area contributed by atoms with Crippen molar-refractivity contribution >= 4 is 23.0 Å². The molecule has 0 unspecified atom stereocenters. The number of aromatic hydroxyl groups is 1. The van der Waals surface area contributed by atoms with Crippen LogP contribution in [0, 0.1) is 0 Å².